The molecule has 1 aliphatic carbocycles. The topological polar surface area (TPSA) is 46.2 Å². The highest BCUT2D eigenvalue weighted by atomic mass is 32.2. The number of benzene rings is 1. The van der Waals surface area contributed by atoms with Gasteiger partial charge in [0.15, 0.2) is 0 Å². The molecule has 2 rings (SSSR count). The third kappa shape index (κ3) is 3.74. The summed E-state index contributed by atoms with van der Waals surface area (Å²) >= 11 is 1.90. The highest BCUT2D eigenvalue weighted by Gasteiger charge is 2.35. The monoisotopic (exact) mass is 279 g/mol. The van der Waals surface area contributed by atoms with E-state index in [0.717, 1.165) is 19.3 Å². The summed E-state index contributed by atoms with van der Waals surface area (Å²) in [6.07, 6.45) is 2.94. The lowest BCUT2D eigenvalue weighted by molar-refractivity contribution is 0.200. The van der Waals surface area contributed by atoms with E-state index in [1.54, 1.807) is 0 Å². The minimum atomic E-state index is -0.344. The maximum Gasteiger partial charge on any atom is 0.0611 e. The number of rotatable bonds is 3. The summed E-state index contributed by atoms with van der Waals surface area (Å²) in [5.74, 6) is 0. The van der Waals surface area contributed by atoms with Crippen molar-refractivity contribution in [3.8, 4) is 0 Å². The van der Waals surface area contributed by atoms with Crippen molar-refractivity contribution >= 4 is 11.8 Å². The quantitative estimate of drug-likeness (QED) is 0.892. The van der Waals surface area contributed by atoms with Gasteiger partial charge >= 0.3 is 0 Å². The average Bonchev–Trinajstić information content (AvgIpc) is 2.71. The molecule has 1 aromatic carbocycles. The minimum Gasteiger partial charge on any atom is -0.394 e. The van der Waals surface area contributed by atoms with E-state index in [4.69, 9.17) is 5.73 Å². The molecule has 106 valence electrons. The van der Waals surface area contributed by atoms with Gasteiger partial charge in [0.2, 0.25) is 0 Å². The van der Waals surface area contributed by atoms with Crippen molar-refractivity contribution in [3.63, 3.8) is 0 Å². The van der Waals surface area contributed by atoms with Gasteiger partial charge in [0.1, 0.15) is 0 Å². The van der Waals surface area contributed by atoms with Gasteiger partial charge in [0.05, 0.1) is 6.61 Å². The first-order valence-electron chi connectivity index (χ1n) is 6.99. The van der Waals surface area contributed by atoms with Crippen LogP contribution in [0.4, 0.5) is 0 Å². The summed E-state index contributed by atoms with van der Waals surface area (Å²) in [5.41, 5.74) is 7.35. The number of thioether (sulfide) groups is 1. The van der Waals surface area contributed by atoms with Crippen molar-refractivity contribution in [2.45, 2.75) is 61.1 Å². The predicted molar refractivity (Wildman–Crippen MR) is 82.6 cm³/mol. The van der Waals surface area contributed by atoms with Crippen molar-refractivity contribution in [2.75, 3.05) is 6.61 Å². The lowest BCUT2D eigenvalue weighted by atomic mass is 9.87. The van der Waals surface area contributed by atoms with Crippen LogP contribution in [0.3, 0.4) is 0 Å². The Kier molecular flexibility index (Phi) is 4.29. The molecule has 1 aromatic rings. The Balaban J connectivity index is 1.98. The largest absolute Gasteiger partial charge is 0.394 e. The molecular weight excluding hydrogens is 254 g/mol. The first-order chi connectivity index (χ1) is 8.82. The number of hydrogen-bond acceptors (Lipinski definition) is 3. The molecule has 2 nitrogen and oxygen atoms in total. The molecule has 0 heterocycles. The molecule has 3 N–H and O–H groups in total. The van der Waals surface area contributed by atoms with E-state index in [-0.39, 0.29) is 17.6 Å². The lowest BCUT2D eigenvalue weighted by Gasteiger charge is -2.21. The number of aliphatic hydroxyl groups excluding tert-OH is 1. The van der Waals surface area contributed by atoms with Gasteiger partial charge in [-0.3, -0.25) is 0 Å². The smallest absolute Gasteiger partial charge is 0.0611 e. The Morgan fingerprint density at radius 1 is 1.32 bits per heavy atom. The summed E-state index contributed by atoms with van der Waals surface area (Å²) < 4.78 is 0. The van der Waals surface area contributed by atoms with E-state index in [2.05, 4.69) is 45.0 Å². The maximum absolute atomic E-state index is 9.30. The molecule has 1 saturated carbocycles. The summed E-state index contributed by atoms with van der Waals surface area (Å²) in [6.45, 7) is 6.80. The molecule has 2 atom stereocenters. The molecule has 3 heteroatoms. The van der Waals surface area contributed by atoms with E-state index in [1.807, 2.05) is 11.8 Å². The molecular formula is C16H25NOS. The molecule has 19 heavy (non-hydrogen) atoms. The Bertz CT molecular complexity index is 423. The fraction of sp³-hybridized carbons (Fsp3) is 0.625. The zero-order valence-corrected chi connectivity index (χ0v) is 13.0. The van der Waals surface area contributed by atoms with Crippen molar-refractivity contribution in [2.24, 2.45) is 5.73 Å². The van der Waals surface area contributed by atoms with E-state index in [1.165, 1.54) is 10.5 Å². The lowest BCUT2D eigenvalue weighted by Crippen LogP contribution is -2.40. The third-order valence-electron chi connectivity index (χ3n) is 3.94. The third-order valence-corrected chi connectivity index (χ3v) is 5.22. The SMILES string of the molecule is CC(C)(C)c1ccc(SC2CCC(N)(CO)C2)cc1. The van der Waals surface area contributed by atoms with Gasteiger partial charge in [-0.15, -0.1) is 11.8 Å². The van der Waals surface area contributed by atoms with Crippen LogP contribution in [0, 0.1) is 0 Å². The first-order valence-corrected chi connectivity index (χ1v) is 7.87. The zero-order chi connectivity index (χ0) is 14.1. The van der Waals surface area contributed by atoms with Gasteiger partial charge in [-0.05, 0) is 42.4 Å². The Morgan fingerprint density at radius 3 is 2.42 bits per heavy atom. The van der Waals surface area contributed by atoms with Gasteiger partial charge in [-0.2, -0.15) is 0 Å². The fourth-order valence-electron chi connectivity index (χ4n) is 2.58. The summed E-state index contributed by atoms with van der Waals surface area (Å²) in [7, 11) is 0. The second-order valence-electron chi connectivity index (χ2n) is 6.78. The van der Waals surface area contributed by atoms with Crippen LogP contribution in [0.2, 0.25) is 0 Å². The van der Waals surface area contributed by atoms with Gasteiger partial charge in [-0.25, -0.2) is 0 Å². The first kappa shape index (κ1) is 14.9. The van der Waals surface area contributed by atoms with E-state index < -0.39 is 0 Å². The molecule has 0 bridgehead atoms. The van der Waals surface area contributed by atoms with Crippen LogP contribution in [0.25, 0.3) is 0 Å². The fourth-order valence-corrected chi connectivity index (χ4v) is 3.91. The standard InChI is InChI=1S/C16H25NOS/c1-15(2,3)12-4-6-13(7-5-12)19-14-8-9-16(17,10-14)11-18/h4-7,14,18H,8-11,17H2,1-3H3. The highest BCUT2D eigenvalue weighted by Crippen LogP contribution is 2.39. The van der Waals surface area contributed by atoms with Crippen LogP contribution in [-0.2, 0) is 5.41 Å². The van der Waals surface area contributed by atoms with Crippen molar-refractivity contribution in [1.29, 1.82) is 0 Å². The van der Waals surface area contributed by atoms with Crippen LogP contribution < -0.4 is 5.73 Å². The Morgan fingerprint density at radius 2 is 1.95 bits per heavy atom. The molecule has 0 aromatic heterocycles. The van der Waals surface area contributed by atoms with Crippen LogP contribution in [0.15, 0.2) is 29.2 Å². The van der Waals surface area contributed by atoms with Crippen LogP contribution in [-0.4, -0.2) is 22.5 Å². The second-order valence-corrected chi connectivity index (χ2v) is 8.15. The van der Waals surface area contributed by atoms with E-state index >= 15 is 0 Å². The van der Waals surface area contributed by atoms with Crippen LogP contribution >= 0.6 is 11.8 Å². The molecule has 2 unspecified atom stereocenters. The number of aliphatic hydroxyl groups is 1. The summed E-state index contributed by atoms with van der Waals surface area (Å²) in [6, 6.07) is 8.86. The number of hydrogen-bond donors (Lipinski definition) is 2. The molecule has 1 fully saturated rings. The van der Waals surface area contributed by atoms with Gasteiger partial charge in [-0.1, -0.05) is 32.9 Å². The molecule has 0 saturated heterocycles. The number of nitrogens with two attached hydrogens (primary N) is 1. The van der Waals surface area contributed by atoms with Gasteiger partial charge < -0.3 is 10.8 Å². The second kappa shape index (κ2) is 5.47. The summed E-state index contributed by atoms with van der Waals surface area (Å²) in [4.78, 5) is 1.31. The molecule has 0 spiro atoms. The molecule has 0 amide bonds. The van der Waals surface area contributed by atoms with Gasteiger partial charge in [0, 0.05) is 15.7 Å². The van der Waals surface area contributed by atoms with Crippen molar-refractivity contribution in [3.05, 3.63) is 29.8 Å². The highest BCUT2D eigenvalue weighted by molar-refractivity contribution is 8.00. The predicted octanol–water partition coefficient (Wildman–Crippen LogP) is 3.32. The Hall–Kier alpha value is -0.510. The molecule has 0 aliphatic heterocycles. The van der Waals surface area contributed by atoms with Crippen LogP contribution in [0.5, 0.6) is 0 Å². The zero-order valence-electron chi connectivity index (χ0n) is 12.1. The van der Waals surface area contributed by atoms with Crippen molar-refractivity contribution < 1.29 is 5.11 Å². The average molecular weight is 279 g/mol. The minimum absolute atomic E-state index is 0.104. The Labute approximate surface area is 120 Å². The van der Waals surface area contributed by atoms with Crippen molar-refractivity contribution in [1.82, 2.24) is 0 Å². The van der Waals surface area contributed by atoms with Crippen LogP contribution in [0.1, 0.15) is 45.6 Å². The summed E-state index contributed by atoms with van der Waals surface area (Å²) in [5, 5.41) is 9.84. The molecule has 0 radical (unpaired) electrons. The van der Waals surface area contributed by atoms with E-state index in [0.29, 0.717) is 5.25 Å². The molecule has 1 aliphatic rings. The normalized spacial score (nSPS) is 27.7. The van der Waals surface area contributed by atoms with E-state index in [9.17, 15) is 5.11 Å². The van der Waals surface area contributed by atoms with Gasteiger partial charge in [0.25, 0.3) is 0 Å². The maximum atomic E-state index is 9.30.